The van der Waals surface area contributed by atoms with Crippen molar-refractivity contribution < 1.29 is 13.2 Å². The number of hydrogen-bond donors (Lipinski definition) is 2. The maximum atomic E-state index is 13.4. The lowest BCUT2D eigenvalue weighted by atomic mass is 10.0. The predicted molar refractivity (Wildman–Crippen MR) is 144 cm³/mol. The Morgan fingerprint density at radius 2 is 1.76 bits per heavy atom. The molecule has 0 bridgehead atoms. The fourth-order valence-electron chi connectivity index (χ4n) is 3.89. The van der Waals surface area contributed by atoms with Crippen LogP contribution in [0, 0.1) is 0 Å². The van der Waals surface area contributed by atoms with E-state index in [-0.39, 0.29) is 33.0 Å². The number of nitrogen functional groups attached to an aromatic ring is 1. The van der Waals surface area contributed by atoms with Crippen LogP contribution in [0.1, 0.15) is 0 Å². The minimum Gasteiger partial charge on any atom is -0.480 e. The number of aromatic nitrogens is 3. The molecule has 2 heterocycles. The third kappa shape index (κ3) is 4.72. The van der Waals surface area contributed by atoms with Crippen LogP contribution in [0.15, 0.2) is 94.7 Å². The number of para-hydroxylation sites is 1. The molecule has 5 aromatic rings. The highest BCUT2D eigenvalue weighted by atomic mass is 35.5. The second kappa shape index (κ2) is 9.57. The summed E-state index contributed by atoms with van der Waals surface area (Å²) in [7, 11) is -2.60. The van der Waals surface area contributed by atoms with Crippen LogP contribution in [0.5, 0.6) is 5.88 Å². The van der Waals surface area contributed by atoms with Gasteiger partial charge in [-0.1, -0.05) is 41.9 Å². The number of benzene rings is 3. The second-order valence-corrected chi connectivity index (χ2v) is 10.1. The summed E-state index contributed by atoms with van der Waals surface area (Å²) in [5, 5.41) is 0.626. The van der Waals surface area contributed by atoms with E-state index in [1.165, 1.54) is 30.0 Å². The van der Waals surface area contributed by atoms with Crippen molar-refractivity contribution in [2.24, 2.45) is 0 Å². The average molecular weight is 534 g/mol. The number of methoxy groups -OCH3 is 1. The first-order chi connectivity index (χ1) is 17.8. The number of ether oxygens (including phenoxy) is 1. The molecular formula is C26H20ClN5O4S. The fraction of sp³-hybridized carbons (Fsp3) is 0.0385. The van der Waals surface area contributed by atoms with E-state index < -0.39 is 10.0 Å². The SMILES string of the molecule is COc1ncc(-c2ccc3nc(N)n(-c4ccccc4)c(=O)c3c2)cc1NS(=O)(=O)c1cccc(Cl)c1. The molecule has 186 valence electrons. The van der Waals surface area contributed by atoms with Crippen LogP contribution in [0.3, 0.4) is 0 Å². The van der Waals surface area contributed by atoms with Gasteiger partial charge in [0.2, 0.25) is 11.8 Å². The van der Waals surface area contributed by atoms with Crippen molar-refractivity contribution in [1.29, 1.82) is 0 Å². The minimum atomic E-state index is -3.98. The van der Waals surface area contributed by atoms with Gasteiger partial charge in [0, 0.05) is 16.8 Å². The molecule has 0 aliphatic rings. The summed E-state index contributed by atoms with van der Waals surface area (Å²) in [6.07, 6.45) is 1.53. The molecule has 3 N–H and O–H groups in total. The summed E-state index contributed by atoms with van der Waals surface area (Å²) in [6, 6.07) is 21.5. The van der Waals surface area contributed by atoms with Gasteiger partial charge in [-0.15, -0.1) is 0 Å². The number of nitrogens with zero attached hydrogens (tertiary/aromatic N) is 3. The van der Waals surface area contributed by atoms with Crippen LogP contribution in [0.4, 0.5) is 11.6 Å². The van der Waals surface area contributed by atoms with Crippen LogP contribution in [0.25, 0.3) is 27.7 Å². The number of halogens is 1. The highest BCUT2D eigenvalue weighted by molar-refractivity contribution is 7.92. The van der Waals surface area contributed by atoms with Crippen molar-refractivity contribution >= 4 is 44.2 Å². The van der Waals surface area contributed by atoms with Crippen LogP contribution >= 0.6 is 11.6 Å². The Morgan fingerprint density at radius 3 is 2.49 bits per heavy atom. The van der Waals surface area contributed by atoms with Gasteiger partial charge in [-0.25, -0.2) is 23.0 Å². The van der Waals surface area contributed by atoms with E-state index in [2.05, 4.69) is 14.7 Å². The van der Waals surface area contributed by atoms with Crippen molar-refractivity contribution in [3.63, 3.8) is 0 Å². The van der Waals surface area contributed by atoms with Gasteiger partial charge in [-0.3, -0.25) is 9.52 Å². The Labute approximate surface area is 217 Å². The summed E-state index contributed by atoms with van der Waals surface area (Å²) < 4.78 is 35.1. The molecule has 0 unspecified atom stereocenters. The number of nitrogens with one attached hydrogen (secondary N) is 1. The van der Waals surface area contributed by atoms with Crippen LogP contribution in [-0.4, -0.2) is 30.1 Å². The zero-order chi connectivity index (χ0) is 26.2. The zero-order valence-corrected chi connectivity index (χ0v) is 21.0. The molecule has 9 nitrogen and oxygen atoms in total. The Bertz CT molecular complexity index is 1810. The standard InChI is InChI=1S/C26H20ClN5O4S/c1-36-24-23(31-37(34,35)20-9-5-6-18(27)14-20)13-17(15-29-24)16-10-11-22-21(12-16)25(33)32(26(28)30-22)19-7-3-2-4-8-19/h2-15,31H,1H3,(H2,28,30). The molecule has 3 aromatic carbocycles. The summed E-state index contributed by atoms with van der Waals surface area (Å²) in [5.41, 5.74) is 8.07. The molecule has 0 aliphatic heterocycles. The molecule has 0 atom stereocenters. The smallest absolute Gasteiger partial charge is 0.267 e. The molecule has 0 spiro atoms. The molecule has 0 saturated carbocycles. The number of nitrogens with two attached hydrogens (primary N) is 1. The van der Waals surface area contributed by atoms with Crippen LogP contribution in [-0.2, 0) is 10.0 Å². The summed E-state index contributed by atoms with van der Waals surface area (Å²) in [4.78, 5) is 22.0. The third-order valence-corrected chi connectivity index (χ3v) is 7.24. The second-order valence-electron chi connectivity index (χ2n) is 8.02. The van der Waals surface area contributed by atoms with Gasteiger partial charge in [-0.05, 0) is 54.1 Å². The summed E-state index contributed by atoms with van der Waals surface area (Å²) in [5.74, 6) is 0.149. The van der Waals surface area contributed by atoms with Gasteiger partial charge >= 0.3 is 0 Å². The monoisotopic (exact) mass is 533 g/mol. The van der Waals surface area contributed by atoms with Crippen LogP contribution in [0.2, 0.25) is 5.02 Å². The fourth-order valence-corrected chi connectivity index (χ4v) is 5.24. The third-order valence-electron chi connectivity index (χ3n) is 5.64. The van der Waals surface area contributed by atoms with Gasteiger partial charge < -0.3 is 10.5 Å². The number of fused-ring (bicyclic) bond motifs is 1. The van der Waals surface area contributed by atoms with E-state index in [1.807, 2.05) is 6.07 Å². The van der Waals surface area contributed by atoms with E-state index in [4.69, 9.17) is 22.1 Å². The normalized spacial score (nSPS) is 11.4. The van der Waals surface area contributed by atoms with E-state index in [0.29, 0.717) is 27.7 Å². The van der Waals surface area contributed by atoms with Gasteiger partial charge in [0.25, 0.3) is 15.6 Å². The summed E-state index contributed by atoms with van der Waals surface area (Å²) >= 11 is 5.97. The largest absolute Gasteiger partial charge is 0.480 e. The molecule has 0 amide bonds. The van der Waals surface area contributed by atoms with Crippen molar-refractivity contribution in [2.75, 3.05) is 17.6 Å². The quantitative estimate of drug-likeness (QED) is 0.329. The Balaban J connectivity index is 1.60. The lowest BCUT2D eigenvalue weighted by Crippen LogP contribution is -2.23. The molecule has 2 aromatic heterocycles. The van der Waals surface area contributed by atoms with Gasteiger partial charge in [-0.2, -0.15) is 0 Å². The number of sulfonamides is 1. The molecule has 11 heteroatoms. The van der Waals surface area contributed by atoms with Crippen molar-refractivity contribution in [1.82, 2.24) is 14.5 Å². The molecule has 0 fully saturated rings. The maximum Gasteiger partial charge on any atom is 0.267 e. The van der Waals surface area contributed by atoms with Crippen molar-refractivity contribution in [3.05, 3.63) is 100 Å². The van der Waals surface area contributed by atoms with Crippen LogP contribution < -0.4 is 20.8 Å². The molecule has 0 radical (unpaired) electrons. The molecule has 0 saturated heterocycles. The number of pyridine rings is 1. The number of rotatable bonds is 6. The number of anilines is 2. The topological polar surface area (TPSA) is 129 Å². The molecular weight excluding hydrogens is 514 g/mol. The molecule has 37 heavy (non-hydrogen) atoms. The lowest BCUT2D eigenvalue weighted by Gasteiger charge is -2.14. The Morgan fingerprint density at radius 1 is 0.973 bits per heavy atom. The lowest BCUT2D eigenvalue weighted by molar-refractivity contribution is 0.400. The highest BCUT2D eigenvalue weighted by Crippen LogP contribution is 2.31. The van der Waals surface area contributed by atoms with Gasteiger partial charge in [0.1, 0.15) is 5.69 Å². The Kier molecular flexibility index (Phi) is 6.28. The first-order valence-electron chi connectivity index (χ1n) is 11.0. The highest BCUT2D eigenvalue weighted by Gasteiger charge is 2.19. The van der Waals surface area contributed by atoms with Gasteiger partial charge in [0.05, 0.1) is 28.6 Å². The summed E-state index contributed by atoms with van der Waals surface area (Å²) in [6.45, 7) is 0. The zero-order valence-electron chi connectivity index (χ0n) is 19.4. The molecule has 5 rings (SSSR count). The maximum absolute atomic E-state index is 13.4. The van der Waals surface area contributed by atoms with E-state index >= 15 is 0 Å². The van der Waals surface area contributed by atoms with E-state index in [9.17, 15) is 13.2 Å². The first-order valence-corrected chi connectivity index (χ1v) is 12.8. The molecule has 0 aliphatic carbocycles. The first kappa shape index (κ1) is 24.3. The Hall–Kier alpha value is -4.41. The number of hydrogen-bond acceptors (Lipinski definition) is 7. The predicted octanol–water partition coefficient (Wildman–Crippen LogP) is 4.49. The average Bonchev–Trinajstić information content (AvgIpc) is 2.89. The van der Waals surface area contributed by atoms with Crippen molar-refractivity contribution in [3.8, 4) is 22.7 Å². The van der Waals surface area contributed by atoms with Crippen molar-refractivity contribution in [2.45, 2.75) is 4.90 Å². The van der Waals surface area contributed by atoms with E-state index in [0.717, 1.165) is 0 Å². The minimum absolute atomic E-state index is 0.0108. The van der Waals surface area contributed by atoms with Gasteiger partial charge in [0.15, 0.2) is 0 Å². The van der Waals surface area contributed by atoms with E-state index in [1.54, 1.807) is 60.7 Å².